The first-order valence-electron chi connectivity index (χ1n) is 9.72. The molecule has 0 saturated carbocycles. The quantitative estimate of drug-likeness (QED) is 0.445. The molecule has 0 bridgehead atoms. The van der Waals surface area contributed by atoms with Gasteiger partial charge in [-0.05, 0) is 46.9 Å². The van der Waals surface area contributed by atoms with Crippen LogP contribution in [0.5, 0.6) is 0 Å². The Morgan fingerprint density at radius 1 is 1.13 bits per heavy atom. The highest BCUT2D eigenvalue weighted by atomic mass is 32.2. The third kappa shape index (κ3) is 4.03. The third-order valence-corrected chi connectivity index (χ3v) is 6.03. The monoisotopic (exact) mass is 421 g/mol. The fourth-order valence-electron chi connectivity index (χ4n) is 3.35. The molecule has 0 unspecified atom stereocenters. The van der Waals surface area contributed by atoms with Crippen molar-refractivity contribution in [1.82, 2.24) is 10.2 Å². The number of Topliss-reactive ketones (excluding diaryl/α,β-unsaturated/α-hetero) is 1. The summed E-state index contributed by atoms with van der Waals surface area (Å²) in [6.07, 6.45) is 0.334. The van der Waals surface area contributed by atoms with Crippen LogP contribution in [0.4, 0.5) is 5.69 Å². The Hall–Kier alpha value is -2.93. The van der Waals surface area contributed by atoms with Crippen molar-refractivity contribution in [2.24, 2.45) is 0 Å². The van der Waals surface area contributed by atoms with Crippen LogP contribution in [0, 0.1) is 0 Å². The number of amides is 1. The number of fused-ring (bicyclic) bond motifs is 1. The molecule has 3 aromatic rings. The average molecular weight is 422 g/mol. The number of rotatable bonds is 5. The van der Waals surface area contributed by atoms with Gasteiger partial charge in [-0.25, -0.2) is 0 Å². The highest BCUT2D eigenvalue weighted by Gasteiger charge is 2.25. The molecular formula is C23H23N3O3S. The SMILES string of the molecule is CN1C(=O)Cc2cc(C(=O)CSc3nnc(-c4ccc(C(C)(C)C)cc4)o3)ccc21. The van der Waals surface area contributed by atoms with Gasteiger partial charge in [-0.15, -0.1) is 10.2 Å². The minimum absolute atomic E-state index is 0.0397. The molecule has 2 heterocycles. The van der Waals surface area contributed by atoms with E-state index in [0.717, 1.165) is 16.8 Å². The summed E-state index contributed by atoms with van der Waals surface area (Å²) in [5.41, 5.74) is 4.49. The number of carbonyl (C=O) groups excluding carboxylic acids is 2. The van der Waals surface area contributed by atoms with Gasteiger partial charge in [-0.3, -0.25) is 9.59 Å². The molecule has 7 heteroatoms. The molecule has 154 valence electrons. The molecule has 2 aromatic carbocycles. The molecule has 1 amide bonds. The molecule has 0 N–H and O–H groups in total. The summed E-state index contributed by atoms with van der Waals surface area (Å²) in [5.74, 6) is 0.620. The van der Waals surface area contributed by atoms with Gasteiger partial charge in [-0.2, -0.15) is 0 Å². The van der Waals surface area contributed by atoms with Gasteiger partial charge in [0.2, 0.25) is 11.8 Å². The first-order chi connectivity index (χ1) is 14.2. The van der Waals surface area contributed by atoms with Crippen LogP contribution in [-0.2, 0) is 16.6 Å². The van der Waals surface area contributed by atoms with Crippen LogP contribution in [0.3, 0.4) is 0 Å². The van der Waals surface area contributed by atoms with Crippen LogP contribution in [0.25, 0.3) is 11.5 Å². The first kappa shape index (κ1) is 20.3. The maximum Gasteiger partial charge on any atom is 0.277 e. The maximum atomic E-state index is 12.6. The van der Waals surface area contributed by atoms with E-state index in [1.165, 1.54) is 17.3 Å². The molecule has 4 rings (SSSR count). The van der Waals surface area contributed by atoms with E-state index in [1.54, 1.807) is 24.1 Å². The van der Waals surface area contributed by atoms with Gasteiger partial charge in [0.1, 0.15) is 0 Å². The summed E-state index contributed by atoms with van der Waals surface area (Å²) in [5, 5.41) is 8.51. The van der Waals surface area contributed by atoms with Crippen molar-refractivity contribution >= 4 is 29.1 Å². The van der Waals surface area contributed by atoms with Gasteiger partial charge in [0, 0.05) is 23.9 Å². The fourth-order valence-corrected chi connectivity index (χ4v) is 4.01. The Bertz CT molecular complexity index is 1110. The topological polar surface area (TPSA) is 76.3 Å². The van der Waals surface area contributed by atoms with Crippen molar-refractivity contribution in [1.29, 1.82) is 0 Å². The summed E-state index contributed by atoms with van der Waals surface area (Å²) in [7, 11) is 1.75. The van der Waals surface area contributed by atoms with Gasteiger partial charge >= 0.3 is 0 Å². The number of benzene rings is 2. The van der Waals surface area contributed by atoms with E-state index in [9.17, 15) is 9.59 Å². The van der Waals surface area contributed by atoms with E-state index in [2.05, 4.69) is 43.1 Å². The van der Waals surface area contributed by atoms with E-state index < -0.39 is 0 Å². The molecule has 6 nitrogen and oxygen atoms in total. The number of nitrogens with zero attached hydrogens (tertiary/aromatic N) is 3. The Labute approximate surface area is 179 Å². The normalized spacial score (nSPS) is 13.6. The summed E-state index contributed by atoms with van der Waals surface area (Å²) in [4.78, 5) is 26.0. The molecule has 30 heavy (non-hydrogen) atoms. The van der Waals surface area contributed by atoms with E-state index in [1.807, 2.05) is 18.2 Å². The summed E-state index contributed by atoms with van der Waals surface area (Å²) in [6.45, 7) is 6.49. The van der Waals surface area contributed by atoms with Crippen LogP contribution in [-0.4, -0.2) is 34.7 Å². The second kappa shape index (κ2) is 7.72. The highest BCUT2D eigenvalue weighted by molar-refractivity contribution is 7.99. The lowest BCUT2D eigenvalue weighted by atomic mass is 9.87. The number of anilines is 1. The van der Waals surface area contributed by atoms with Gasteiger partial charge in [0.05, 0.1) is 12.2 Å². The van der Waals surface area contributed by atoms with E-state index in [0.29, 0.717) is 23.1 Å². The molecule has 0 saturated heterocycles. The zero-order chi connectivity index (χ0) is 21.5. The van der Waals surface area contributed by atoms with Gasteiger partial charge in [0.25, 0.3) is 5.22 Å². The van der Waals surface area contributed by atoms with Crippen molar-refractivity contribution in [3.8, 4) is 11.5 Å². The molecule has 1 aliphatic heterocycles. The Morgan fingerprint density at radius 2 is 1.87 bits per heavy atom. The van der Waals surface area contributed by atoms with Crippen LogP contribution in [0.2, 0.25) is 0 Å². The van der Waals surface area contributed by atoms with Crippen LogP contribution < -0.4 is 4.90 Å². The van der Waals surface area contributed by atoms with E-state index >= 15 is 0 Å². The summed E-state index contributed by atoms with van der Waals surface area (Å²) in [6, 6.07) is 13.4. The second-order valence-corrected chi connectivity index (χ2v) is 9.31. The lowest BCUT2D eigenvalue weighted by molar-refractivity contribution is -0.117. The number of hydrogen-bond donors (Lipinski definition) is 0. The smallest absolute Gasteiger partial charge is 0.277 e. The molecule has 0 spiro atoms. The lowest BCUT2D eigenvalue weighted by Gasteiger charge is -2.18. The minimum atomic E-state index is -0.0425. The average Bonchev–Trinajstić information content (AvgIpc) is 3.30. The lowest BCUT2D eigenvalue weighted by Crippen LogP contribution is -2.20. The predicted molar refractivity (Wildman–Crippen MR) is 117 cm³/mol. The summed E-state index contributed by atoms with van der Waals surface area (Å²) >= 11 is 1.21. The number of likely N-dealkylation sites (N-methyl/N-ethyl adjacent to an activating group) is 1. The van der Waals surface area contributed by atoms with Gasteiger partial charge in [-0.1, -0.05) is 44.7 Å². The molecular weight excluding hydrogens is 398 g/mol. The van der Waals surface area contributed by atoms with Crippen molar-refractivity contribution in [3.05, 3.63) is 59.2 Å². The first-order valence-corrected chi connectivity index (χ1v) is 10.7. The van der Waals surface area contributed by atoms with E-state index in [4.69, 9.17) is 4.42 Å². The molecule has 1 aliphatic rings. The number of aromatic nitrogens is 2. The Balaban J connectivity index is 1.41. The number of hydrogen-bond acceptors (Lipinski definition) is 6. The van der Waals surface area contributed by atoms with Gasteiger partial charge in [0.15, 0.2) is 5.78 Å². The van der Waals surface area contributed by atoms with E-state index in [-0.39, 0.29) is 22.9 Å². The number of ketones is 1. The largest absolute Gasteiger partial charge is 0.411 e. The minimum Gasteiger partial charge on any atom is -0.411 e. The van der Waals surface area contributed by atoms with Crippen molar-refractivity contribution in [2.75, 3.05) is 17.7 Å². The highest BCUT2D eigenvalue weighted by Crippen LogP contribution is 2.30. The summed E-state index contributed by atoms with van der Waals surface area (Å²) < 4.78 is 5.72. The molecule has 0 radical (unpaired) electrons. The zero-order valence-corrected chi connectivity index (χ0v) is 18.2. The molecule has 0 aliphatic carbocycles. The van der Waals surface area contributed by atoms with Crippen molar-refractivity contribution < 1.29 is 14.0 Å². The number of thioether (sulfide) groups is 1. The molecule has 1 aromatic heterocycles. The maximum absolute atomic E-state index is 12.6. The zero-order valence-electron chi connectivity index (χ0n) is 17.4. The van der Waals surface area contributed by atoms with Crippen LogP contribution in [0.15, 0.2) is 52.1 Å². The van der Waals surface area contributed by atoms with Gasteiger partial charge < -0.3 is 9.32 Å². The Morgan fingerprint density at radius 3 is 2.57 bits per heavy atom. The van der Waals surface area contributed by atoms with Crippen molar-refractivity contribution in [3.63, 3.8) is 0 Å². The molecule has 0 atom stereocenters. The number of carbonyl (C=O) groups is 2. The Kier molecular flexibility index (Phi) is 5.24. The van der Waals surface area contributed by atoms with Crippen molar-refractivity contribution in [2.45, 2.75) is 37.8 Å². The second-order valence-electron chi connectivity index (χ2n) is 8.39. The fraction of sp³-hybridized carbons (Fsp3) is 0.304. The van der Waals surface area contributed by atoms with Crippen LogP contribution >= 0.6 is 11.8 Å². The van der Waals surface area contributed by atoms with Crippen LogP contribution in [0.1, 0.15) is 42.3 Å². The third-order valence-electron chi connectivity index (χ3n) is 5.21. The predicted octanol–water partition coefficient (Wildman–Crippen LogP) is 4.53. The molecule has 0 fully saturated rings. The standard InChI is InChI=1S/C23H23N3O3S/c1-23(2,3)17-8-5-14(6-9-17)21-24-25-22(29-21)30-13-19(27)15-7-10-18-16(11-15)12-20(28)26(18)4/h5-11H,12-13H2,1-4H3.